The maximum absolute atomic E-state index is 12.3. The lowest BCUT2D eigenvalue weighted by molar-refractivity contribution is 0.0475. The zero-order valence-corrected chi connectivity index (χ0v) is 17.6. The predicted molar refractivity (Wildman–Crippen MR) is 116 cm³/mol. The van der Waals surface area contributed by atoms with E-state index in [1.54, 1.807) is 67.8 Å². The van der Waals surface area contributed by atoms with Gasteiger partial charge in [-0.15, -0.1) is 0 Å². The van der Waals surface area contributed by atoms with Gasteiger partial charge in [-0.05, 0) is 60.7 Å². The summed E-state index contributed by atoms with van der Waals surface area (Å²) >= 11 is 3.30. The molecule has 3 aromatic rings. The van der Waals surface area contributed by atoms with Gasteiger partial charge >= 0.3 is 5.97 Å². The number of carbonyl (C=O) groups is 3. The number of anilines is 1. The van der Waals surface area contributed by atoms with Crippen LogP contribution in [0, 0.1) is 0 Å². The molecular weight excluding hydrogens is 450 g/mol. The third kappa shape index (κ3) is 5.55. The summed E-state index contributed by atoms with van der Waals surface area (Å²) in [7, 11) is 1.55. The molecule has 1 N–H and O–H groups in total. The second-order valence-corrected chi connectivity index (χ2v) is 7.18. The second kappa shape index (κ2) is 9.84. The summed E-state index contributed by atoms with van der Waals surface area (Å²) in [5, 5.41) is 2.75. The number of hydrogen-bond donors (Lipinski definition) is 1. The van der Waals surface area contributed by atoms with Crippen molar-refractivity contribution in [2.24, 2.45) is 0 Å². The Labute approximate surface area is 181 Å². The van der Waals surface area contributed by atoms with Crippen molar-refractivity contribution in [3.63, 3.8) is 0 Å². The lowest BCUT2D eigenvalue weighted by atomic mass is 10.1. The summed E-state index contributed by atoms with van der Waals surface area (Å²) in [6, 6.07) is 19.7. The molecule has 0 fully saturated rings. The van der Waals surface area contributed by atoms with Crippen molar-refractivity contribution in [1.82, 2.24) is 0 Å². The molecule has 0 atom stereocenters. The summed E-state index contributed by atoms with van der Waals surface area (Å²) in [4.78, 5) is 36.5. The molecule has 0 aliphatic carbocycles. The first kappa shape index (κ1) is 21.3. The minimum atomic E-state index is -0.617. The van der Waals surface area contributed by atoms with Crippen LogP contribution in [-0.2, 0) is 4.74 Å². The van der Waals surface area contributed by atoms with Crippen molar-refractivity contribution in [3.8, 4) is 5.75 Å². The Morgan fingerprint density at radius 1 is 0.800 bits per heavy atom. The summed E-state index contributed by atoms with van der Waals surface area (Å²) in [6.45, 7) is -0.351. The molecule has 30 heavy (non-hydrogen) atoms. The van der Waals surface area contributed by atoms with Crippen LogP contribution in [0.3, 0.4) is 0 Å². The number of Topliss-reactive ketones (excluding diaryl/α,β-unsaturated/α-hetero) is 1. The van der Waals surface area contributed by atoms with Gasteiger partial charge in [0.25, 0.3) is 5.91 Å². The average molecular weight is 468 g/mol. The van der Waals surface area contributed by atoms with Gasteiger partial charge in [0, 0.05) is 21.3 Å². The van der Waals surface area contributed by atoms with Gasteiger partial charge in [-0.3, -0.25) is 9.59 Å². The van der Waals surface area contributed by atoms with Crippen LogP contribution in [0.25, 0.3) is 0 Å². The number of hydrogen-bond acceptors (Lipinski definition) is 5. The van der Waals surface area contributed by atoms with Crippen LogP contribution in [0.2, 0.25) is 0 Å². The number of ether oxygens (including phenoxy) is 2. The highest BCUT2D eigenvalue weighted by molar-refractivity contribution is 9.10. The molecule has 7 heteroatoms. The Balaban J connectivity index is 1.55. The quantitative estimate of drug-likeness (QED) is 0.400. The lowest BCUT2D eigenvalue weighted by Crippen LogP contribution is -2.15. The van der Waals surface area contributed by atoms with Crippen molar-refractivity contribution in [2.75, 3.05) is 19.0 Å². The number of carbonyl (C=O) groups excluding carboxylic acids is 3. The standard InChI is InChI=1S/C23H18BrNO5/c1-29-20-12-6-16(7-13-20)22(27)25-19-10-4-17(5-11-19)23(28)30-14-21(26)15-2-8-18(24)9-3-15/h2-13H,14H2,1H3,(H,25,27). The van der Waals surface area contributed by atoms with Crippen molar-refractivity contribution in [3.05, 3.63) is 94.0 Å². The number of methoxy groups -OCH3 is 1. The smallest absolute Gasteiger partial charge is 0.338 e. The van der Waals surface area contributed by atoms with E-state index in [0.717, 1.165) is 4.47 Å². The maximum atomic E-state index is 12.3. The predicted octanol–water partition coefficient (Wildman–Crippen LogP) is 4.75. The summed E-state index contributed by atoms with van der Waals surface area (Å²) < 4.78 is 11.0. The van der Waals surface area contributed by atoms with Gasteiger partial charge in [-0.2, -0.15) is 0 Å². The molecule has 0 saturated heterocycles. The van der Waals surface area contributed by atoms with Crippen LogP contribution in [0.4, 0.5) is 5.69 Å². The number of amides is 1. The molecule has 1 amide bonds. The molecule has 0 bridgehead atoms. The Hall–Kier alpha value is -3.45. The molecule has 0 aliphatic heterocycles. The molecule has 152 valence electrons. The van der Waals surface area contributed by atoms with Crippen molar-refractivity contribution in [1.29, 1.82) is 0 Å². The first-order chi connectivity index (χ1) is 14.5. The van der Waals surface area contributed by atoms with Crippen LogP contribution >= 0.6 is 15.9 Å². The van der Waals surface area contributed by atoms with Gasteiger partial charge in [0.2, 0.25) is 0 Å². The topological polar surface area (TPSA) is 81.7 Å². The fraction of sp³-hybridized carbons (Fsp3) is 0.0870. The Morgan fingerprint density at radius 3 is 1.97 bits per heavy atom. The van der Waals surface area contributed by atoms with Gasteiger partial charge in [-0.25, -0.2) is 4.79 Å². The molecule has 0 unspecified atom stereocenters. The minimum absolute atomic E-state index is 0.279. The Kier molecular flexibility index (Phi) is 6.98. The van der Waals surface area contributed by atoms with E-state index in [9.17, 15) is 14.4 Å². The van der Waals surface area contributed by atoms with Crippen LogP contribution in [-0.4, -0.2) is 31.4 Å². The number of esters is 1. The SMILES string of the molecule is COc1ccc(C(=O)Nc2ccc(C(=O)OCC(=O)c3ccc(Br)cc3)cc2)cc1. The van der Waals surface area contributed by atoms with E-state index in [1.165, 1.54) is 12.1 Å². The summed E-state index contributed by atoms with van der Waals surface area (Å²) in [5.41, 5.74) is 1.74. The highest BCUT2D eigenvalue weighted by Crippen LogP contribution is 2.15. The molecule has 0 aliphatic rings. The van der Waals surface area contributed by atoms with Crippen LogP contribution in [0.1, 0.15) is 31.1 Å². The molecule has 0 spiro atoms. The first-order valence-corrected chi connectivity index (χ1v) is 9.77. The largest absolute Gasteiger partial charge is 0.497 e. The third-order valence-electron chi connectivity index (χ3n) is 4.23. The number of nitrogens with one attached hydrogen (secondary N) is 1. The monoisotopic (exact) mass is 467 g/mol. The van der Waals surface area contributed by atoms with Crippen LogP contribution in [0.5, 0.6) is 5.75 Å². The molecular formula is C23H18BrNO5. The molecule has 0 aromatic heterocycles. The van der Waals surface area contributed by atoms with E-state index in [2.05, 4.69) is 21.2 Å². The van der Waals surface area contributed by atoms with Gasteiger partial charge in [0.1, 0.15) is 5.75 Å². The highest BCUT2D eigenvalue weighted by Gasteiger charge is 2.13. The van der Waals surface area contributed by atoms with Crippen molar-refractivity contribution < 1.29 is 23.9 Å². The molecule has 0 saturated carbocycles. The van der Waals surface area contributed by atoms with E-state index >= 15 is 0 Å². The van der Waals surface area contributed by atoms with E-state index in [4.69, 9.17) is 9.47 Å². The summed E-state index contributed by atoms with van der Waals surface area (Å²) in [5.74, 6) is -0.533. The fourth-order valence-corrected chi connectivity index (χ4v) is 2.83. The first-order valence-electron chi connectivity index (χ1n) is 8.97. The fourth-order valence-electron chi connectivity index (χ4n) is 2.57. The van der Waals surface area contributed by atoms with Gasteiger partial charge in [-0.1, -0.05) is 28.1 Å². The number of benzene rings is 3. The van der Waals surface area contributed by atoms with E-state index in [1.807, 2.05) is 0 Å². The molecule has 6 nitrogen and oxygen atoms in total. The normalized spacial score (nSPS) is 10.2. The van der Waals surface area contributed by atoms with Gasteiger partial charge < -0.3 is 14.8 Å². The van der Waals surface area contributed by atoms with Crippen molar-refractivity contribution >= 4 is 39.3 Å². The third-order valence-corrected chi connectivity index (χ3v) is 4.76. The molecule has 0 heterocycles. The van der Waals surface area contributed by atoms with Crippen molar-refractivity contribution in [2.45, 2.75) is 0 Å². The Bertz CT molecular complexity index is 1040. The molecule has 3 rings (SSSR count). The second-order valence-electron chi connectivity index (χ2n) is 6.27. The lowest BCUT2D eigenvalue weighted by Gasteiger charge is -2.08. The van der Waals surface area contributed by atoms with E-state index < -0.39 is 5.97 Å². The van der Waals surface area contributed by atoms with E-state index in [0.29, 0.717) is 22.6 Å². The van der Waals surface area contributed by atoms with Crippen LogP contribution < -0.4 is 10.1 Å². The number of ketones is 1. The van der Waals surface area contributed by atoms with Crippen LogP contribution in [0.15, 0.2) is 77.3 Å². The number of rotatable bonds is 7. The van der Waals surface area contributed by atoms with E-state index in [-0.39, 0.29) is 23.9 Å². The Morgan fingerprint density at radius 2 is 1.37 bits per heavy atom. The number of halogens is 1. The zero-order valence-electron chi connectivity index (χ0n) is 16.1. The zero-order chi connectivity index (χ0) is 21.5. The maximum Gasteiger partial charge on any atom is 0.338 e. The van der Waals surface area contributed by atoms with Gasteiger partial charge in [0.05, 0.1) is 12.7 Å². The molecule has 0 radical (unpaired) electrons. The highest BCUT2D eigenvalue weighted by atomic mass is 79.9. The minimum Gasteiger partial charge on any atom is -0.497 e. The summed E-state index contributed by atoms with van der Waals surface area (Å²) in [6.07, 6.45) is 0. The van der Waals surface area contributed by atoms with Gasteiger partial charge in [0.15, 0.2) is 12.4 Å². The average Bonchev–Trinajstić information content (AvgIpc) is 2.78. The molecule has 3 aromatic carbocycles.